The van der Waals surface area contributed by atoms with Gasteiger partial charge in [-0.15, -0.1) is 10.2 Å². The summed E-state index contributed by atoms with van der Waals surface area (Å²) in [6, 6.07) is 9.59. The summed E-state index contributed by atoms with van der Waals surface area (Å²) in [5.74, 6) is 1.96. The molecule has 0 unspecified atom stereocenters. The highest BCUT2D eigenvalue weighted by Gasteiger charge is 2.31. The molecule has 2 aromatic heterocycles. The van der Waals surface area contributed by atoms with Crippen LogP contribution < -0.4 is 5.32 Å². The predicted octanol–water partition coefficient (Wildman–Crippen LogP) is 3.78. The monoisotopic (exact) mass is 402 g/mol. The van der Waals surface area contributed by atoms with Gasteiger partial charge in [-0.2, -0.15) is 5.10 Å². The third-order valence-electron chi connectivity index (χ3n) is 4.25. The van der Waals surface area contributed by atoms with Crippen LogP contribution in [0.15, 0.2) is 35.5 Å². The van der Waals surface area contributed by atoms with Crippen LogP contribution in [0.25, 0.3) is 5.69 Å². The van der Waals surface area contributed by atoms with Crippen molar-refractivity contribution in [1.29, 1.82) is 0 Å². The number of hydrogen-bond donors (Lipinski definition) is 1. The van der Waals surface area contributed by atoms with Crippen molar-refractivity contribution < 1.29 is 4.79 Å². The number of carbonyl (C=O) groups is 1. The van der Waals surface area contributed by atoms with Gasteiger partial charge in [-0.05, 0) is 37.1 Å². The molecule has 1 amide bonds. The normalized spacial score (nSPS) is 13.7. The number of aromatic nitrogens is 5. The minimum absolute atomic E-state index is 0.0973. The zero-order valence-electron chi connectivity index (χ0n) is 15.0. The van der Waals surface area contributed by atoms with Gasteiger partial charge in [-0.25, -0.2) is 0 Å². The van der Waals surface area contributed by atoms with Crippen molar-refractivity contribution in [2.75, 3.05) is 5.32 Å². The molecule has 0 bridgehead atoms. The summed E-state index contributed by atoms with van der Waals surface area (Å²) < 4.78 is 3.73. The van der Waals surface area contributed by atoms with Crippen LogP contribution in [-0.2, 0) is 17.6 Å². The Morgan fingerprint density at radius 2 is 2.15 bits per heavy atom. The molecule has 0 atom stereocenters. The van der Waals surface area contributed by atoms with Gasteiger partial charge in [-0.1, -0.05) is 29.4 Å². The highest BCUT2D eigenvalue weighted by atomic mass is 35.5. The van der Waals surface area contributed by atoms with Crippen molar-refractivity contribution >= 4 is 35.0 Å². The molecule has 2 heterocycles. The highest BCUT2D eigenvalue weighted by Crippen LogP contribution is 2.41. The molecule has 1 fully saturated rings. The SMILES string of the molecule is CC(=O)Nc1cccc(-n2c(SCc3cc(Cl)n(C)n3)nnc2C2CC2)c1. The maximum absolute atomic E-state index is 11.4. The Balaban J connectivity index is 1.64. The van der Waals surface area contributed by atoms with Crippen molar-refractivity contribution in [2.24, 2.45) is 7.05 Å². The number of carbonyl (C=O) groups excluding carboxylic acids is 1. The Labute approximate surface area is 166 Å². The first-order valence-corrected chi connectivity index (χ1v) is 10.0. The first-order chi connectivity index (χ1) is 13.0. The van der Waals surface area contributed by atoms with Crippen LogP contribution in [0.5, 0.6) is 0 Å². The maximum atomic E-state index is 11.4. The second kappa shape index (κ2) is 7.36. The van der Waals surface area contributed by atoms with Gasteiger partial charge in [0.2, 0.25) is 5.91 Å². The van der Waals surface area contributed by atoms with Gasteiger partial charge >= 0.3 is 0 Å². The first-order valence-electron chi connectivity index (χ1n) is 8.66. The lowest BCUT2D eigenvalue weighted by molar-refractivity contribution is -0.114. The minimum atomic E-state index is -0.0973. The Morgan fingerprint density at radius 3 is 2.81 bits per heavy atom. The molecule has 0 aliphatic heterocycles. The van der Waals surface area contributed by atoms with Crippen molar-refractivity contribution in [2.45, 2.75) is 36.6 Å². The third-order valence-corrected chi connectivity index (χ3v) is 5.56. The summed E-state index contributed by atoms with van der Waals surface area (Å²) in [5, 5.41) is 17.5. The smallest absolute Gasteiger partial charge is 0.221 e. The number of anilines is 1. The average Bonchev–Trinajstić information content (AvgIpc) is 3.30. The maximum Gasteiger partial charge on any atom is 0.221 e. The van der Waals surface area contributed by atoms with E-state index < -0.39 is 0 Å². The van der Waals surface area contributed by atoms with E-state index in [-0.39, 0.29) is 5.91 Å². The quantitative estimate of drug-likeness (QED) is 0.635. The van der Waals surface area contributed by atoms with Gasteiger partial charge < -0.3 is 5.32 Å². The first kappa shape index (κ1) is 18.1. The second-order valence-corrected chi connectivity index (χ2v) is 7.88. The fraction of sp³-hybridized carbons (Fsp3) is 0.333. The van der Waals surface area contributed by atoms with Gasteiger partial charge in [-0.3, -0.25) is 14.0 Å². The molecule has 0 radical (unpaired) electrons. The number of nitrogens with zero attached hydrogens (tertiary/aromatic N) is 5. The molecule has 1 saturated carbocycles. The molecule has 4 rings (SSSR count). The summed E-state index contributed by atoms with van der Waals surface area (Å²) in [7, 11) is 1.82. The van der Waals surface area contributed by atoms with Gasteiger partial charge in [0.15, 0.2) is 5.16 Å². The topological polar surface area (TPSA) is 77.6 Å². The number of halogens is 1. The van der Waals surface area contributed by atoms with E-state index in [2.05, 4.69) is 25.2 Å². The van der Waals surface area contributed by atoms with E-state index in [1.54, 1.807) is 16.4 Å². The van der Waals surface area contributed by atoms with E-state index in [0.717, 1.165) is 40.9 Å². The average molecular weight is 403 g/mol. The molecule has 1 aliphatic rings. The molecule has 140 valence electrons. The number of nitrogens with one attached hydrogen (secondary N) is 1. The second-order valence-electron chi connectivity index (χ2n) is 6.55. The fourth-order valence-electron chi connectivity index (χ4n) is 2.86. The van der Waals surface area contributed by atoms with E-state index in [4.69, 9.17) is 11.6 Å². The standard InChI is InChI=1S/C18H19ClN6OS/c1-11(26)20-13-4-3-5-15(8-13)25-17(12-6-7-12)21-22-18(25)27-10-14-9-16(19)24(2)23-14/h3-5,8-9,12H,6-7,10H2,1-2H3,(H,20,26). The summed E-state index contributed by atoms with van der Waals surface area (Å²) in [6.07, 6.45) is 2.26. The van der Waals surface area contributed by atoms with Crippen LogP contribution in [0.1, 0.15) is 37.2 Å². The van der Waals surface area contributed by atoms with Crippen LogP contribution in [0.3, 0.4) is 0 Å². The van der Waals surface area contributed by atoms with E-state index in [1.807, 2.05) is 37.4 Å². The molecule has 7 nitrogen and oxygen atoms in total. The Bertz CT molecular complexity index is 974. The number of aryl methyl sites for hydroxylation is 1. The minimum Gasteiger partial charge on any atom is -0.326 e. The molecule has 3 aromatic rings. The summed E-state index contributed by atoms with van der Waals surface area (Å²) in [4.78, 5) is 11.4. The van der Waals surface area contributed by atoms with E-state index >= 15 is 0 Å². The van der Waals surface area contributed by atoms with Crippen LogP contribution in [0, 0.1) is 0 Å². The van der Waals surface area contributed by atoms with Gasteiger partial charge in [0.05, 0.1) is 11.4 Å². The predicted molar refractivity (Wildman–Crippen MR) is 105 cm³/mol. The number of thioether (sulfide) groups is 1. The Morgan fingerprint density at radius 1 is 1.33 bits per heavy atom. The molecule has 1 aliphatic carbocycles. The van der Waals surface area contributed by atoms with Crippen LogP contribution >= 0.6 is 23.4 Å². The molecular formula is C18H19ClN6OS. The Kier molecular flexibility index (Phi) is 4.92. The van der Waals surface area contributed by atoms with E-state index in [0.29, 0.717) is 16.8 Å². The van der Waals surface area contributed by atoms with E-state index in [1.165, 1.54) is 6.92 Å². The molecule has 0 saturated heterocycles. The van der Waals surface area contributed by atoms with Crippen LogP contribution in [0.4, 0.5) is 5.69 Å². The summed E-state index contributed by atoms with van der Waals surface area (Å²) in [5.41, 5.74) is 2.58. The summed E-state index contributed by atoms with van der Waals surface area (Å²) in [6.45, 7) is 1.50. The van der Waals surface area contributed by atoms with Crippen molar-refractivity contribution in [3.05, 3.63) is 47.0 Å². The zero-order chi connectivity index (χ0) is 19.0. The van der Waals surface area contributed by atoms with Crippen molar-refractivity contribution in [3.8, 4) is 5.69 Å². The Hall–Kier alpha value is -2.32. The fourth-order valence-corrected chi connectivity index (χ4v) is 3.87. The molecule has 1 N–H and O–H groups in total. The third kappa shape index (κ3) is 4.01. The lowest BCUT2D eigenvalue weighted by atomic mass is 10.2. The highest BCUT2D eigenvalue weighted by molar-refractivity contribution is 7.98. The lowest BCUT2D eigenvalue weighted by Gasteiger charge is -2.11. The van der Waals surface area contributed by atoms with Gasteiger partial charge in [0.25, 0.3) is 0 Å². The zero-order valence-corrected chi connectivity index (χ0v) is 16.6. The molecular weight excluding hydrogens is 384 g/mol. The molecule has 0 spiro atoms. The molecule has 27 heavy (non-hydrogen) atoms. The van der Waals surface area contributed by atoms with Crippen LogP contribution in [0.2, 0.25) is 5.15 Å². The summed E-state index contributed by atoms with van der Waals surface area (Å²) >= 11 is 7.65. The lowest BCUT2D eigenvalue weighted by Crippen LogP contribution is -2.07. The molecule has 1 aromatic carbocycles. The van der Waals surface area contributed by atoms with Crippen molar-refractivity contribution in [3.63, 3.8) is 0 Å². The van der Waals surface area contributed by atoms with Crippen LogP contribution in [-0.4, -0.2) is 30.5 Å². The van der Waals surface area contributed by atoms with Crippen molar-refractivity contribution in [1.82, 2.24) is 24.5 Å². The largest absolute Gasteiger partial charge is 0.326 e. The van der Waals surface area contributed by atoms with Gasteiger partial charge in [0.1, 0.15) is 11.0 Å². The van der Waals surface area contributed by atoms with E-state index in [9.17, 15) is 4.79 Å². The van der Waals surface area contributed by atoms with Gasteiger partial charge in [0, 0.05) is 31.3 Å². The number of hydrogen-bond acceptors (Lipinski definition) is 5. The number of rotatable bonds is 6. The number of benzene rings is 1. The number of amides is 1. The molecule has 9 heteroatoms.